The first kappa shape index (κ1) is 28.5. The van der Waals surface area contributed by atoms with E-state index in [1.165, 1.54) is 6.07 Å². The summed E-state index contributed by atoms with van der Waals surface area (Å²) in [5.74, 6) is -2.90. The summed E-state index contributed by atoms with van der Waals surface area (Å²) in [6, 6.07) is 10.2. The van der Waals surface area contributed by atoms with Crippen molar-refractivity contribution in [3.8, 4) is 0 Å². The minimum Gasteiger partial charge on any atom is -0.444 e. The molecule has 3 N–H and O–H groups in total. The standard InChI is InChI=1S/C25H31ClF2N2O5/c1-25(2,3)35-24(32)29-11-4-12-34-22(15-23(31)30-33)20(13-16-5-7-17(26)8-6-16)19-10-9-18(27)14-21(19)28/h5-10,14,20,22,33H,4,11-13,15H2,1-3H3,(H,29,32)(H,30,31)/t20?,22-/m1/s1. The molecule has 1 unspecified atom stereocenters. The maximum Gasteiger partial charge on any atom is 0.407 e. The summed E-state index contributed by atoms with van der Waals surface area (Å²) in [4.78, 5) is 23.8. The van der Waals surface area contributed by atoms with E-state index in [1.54, 1.807) is 50.5 Å². The molecule has 0 saturated heterocycles. The lowest BCUT2D eigenvalue weighted by Crippen LogP contribution is -2.34. The number of alkyl carbamates (subject to hydrolysis) is 1. The van der Waals surface area contributed by atoms with E-state index in [-0.39, 0.29) is 31.6 Å². The topological polar surface area (TPSA) is 96.9 Å². The number of amides is 2. The SMILES string of the molecule is CC(C)(C)OC(=O)NCCCO[C@H](CC(=O)NO)C(Cc1ccc(Cl)cc1)c1ccc(F)cc1F. The first-order chi connectivity index (χ1) is 16.5. The minimum atomic E-state index is -0.862. The Balaban J connectivity index is 2.18. The number of nitrogens with one attached hydrogen (secondary N) is 2. The Morgan fingerprint density at radius 3 is 2.40 bits per heavy atom. The summed E-state index contributed by atoms with van der Waals surface area (Å²) in [6.07, 6.45) is -1.05. The van der Waals surface area contributed by atoms with Crippen molar-refractivity contribution in [2.75, 3.05) is 13.2 Å². The van der Waals surface area contributed by atoms with Crippen LogP contribution in [-0.4, -0.2) is 42.1 Å². The molecule has 2 aromatic rings. The number of benzene rings is 2. The van der Waals surface area contributed by atoms with Crippen molar-refractivity contribution in [2.24, 2.45) is 0 Å². The van der Waals surface area contributed by atoms with Crippen LogP contribution >= 0.6 is 11.6 Å². The minimum absolute atomic E-state index is 0.124. The number of halogens is 3. The highest BCUT2D eigenvalue weighted by Crippen LogP contribution is 2.31. The van der Waals surface area contributed by atoms with Gasteiger partial charge in [0.25, 0.3) is 0 Å². The van der Waals surface area contributed by atoms with Gasteiger partial charge in [-0.05, 0) is 62.9 Å². The molecule has 0 aromatic heterocycles. The Hall–Kier alpha value is -2.75. The molecule has 2 amide bonds. The number of hydrogen-bond acceptors (Lipinski definition) is 5. The largest absolute Gasteiger partial charge is 0.444 e. The van der Waals surface area contributed by atoms with Crippen LogP contribution in [0.5, 0.6) is 0 Å². The van der Waals surface area contributed by atoms with E-state index < -0.39 is 41.3 Å². The summed E-state index contributed by atoms with van der Waals surface area (Å²) in [5, 5.41) is 12.2. The molecular weight excluding hydrogens is 482 g/mol. The molecule has 0 saturated carbocycles. The average molecular weight is 513 g/mol. The first-order valence-electron chi connectivity index (χ1n) is 11.2. The molecular formula is C25H31ClF2N2O5. The predicted molar refractivity (Wildman–Crippen MR) is 127 cm³/mol. The van der Waals surface area contributed by atoms with Crippen molar-refractivity contribution in [3.05, 3.63) is 70.2 Å². The summed E-state index contributed by atoms with van der Waals surface area (Å²) >= 11 is 5.97. The van der Waals surface area contributed by atoms with Crippen molar-refractivity contribution in [3.63, 3.8) is 0 Å². The van der Waals surface area contributed by atoms with E-state index in [1.807, 2.05) is 0 Å². The lowest BCUT2D eigenvalue weighted by atomic mass is 9.85. The van der Waals surface area contributed by atoms with Gasteiger partial charge in [-0.1, -0.05) is 29.8 Å². The number of hydroxylamine groups is 1. The highest BCUT2D eigenvalue weighted by molar-refractivity contribution is 6.30. The molecule has 0 aliphatic carbocycles. The van der Waals surface area contributed by atoms with Crippen LogP contribution in [0.1, 0.15) is 50.7 Å². The van der Waals surface area contributed by atoms with Gasteiger partial charge in [0.15, 0.2) is 0 Å². The second kappa shape index (κ2) is 13.4. The molecule has 35 heavy (non-hydrogen) atoms. The van der Waals surface area contributed by atoms with Crippen molar-refractivity contribution in [1.29, 1.82) is 0 Å². The number of carbonyl (C=O) groups excluding carboxylic acids is 2. The fraction of sp³-hybridized carbons (Fsp3) is 0.440. The van der Waals surface area contributed by atoms with E-state index in [2.05, 4.69) is 5.32 Å². The maximum atomic E-state index is 14.8. The summed E-state index contributed by atoms with van der Waals surface area (Å²) in [5.41, 5.74) is 1.91. The zero-order valence-electron chi connectivity index (χ0n) is 19.9. The summed E-state index contributed by atoms with van der Waals surface area (Å²) in [7, 11) is 0. The number of hydrogen-bond donors (Lipinski definition) is 3. The smallest absolute Gasteiger partial charge is 0.407 e. The van der Waals surface area contributed by atoms with Crippen LogP contribution in [0.4, 0.5) is 13.6 Å². The van der Waals surface area contributed by atoms with Crippen LogP contribution in [0.3, 0.4) is 0 Å². The molecule has 0 spiro atoms. The van der Waals surface area contributed by atoms with Gasteiger partial charge in [-0.3, -0.25) is 10.0 Å². The molecule has 7 nitrogen and oxygen atoms in total. The first-order valence-corrected chi connectivity index (χ1v) is 11.6. The van der Waals surface area contributed by atoms with Gasteiger partial charge >= 0.3 is 6.09 Å². The van der Waals surface area contributed by atoms with E-state index in [9.17, 15) is 18.4 Å². The van der Waals surface area contributed by atoms with Crippen LogP contribution in [0.2, 0.25) is 5.02 Å². The second-order valence-corrected chi connectivity index (χ2v) is 9.47. The Labute approximate surface area is 208 Å². The van der Waals surface area contributed by atoms with Gasteiger partial charge in [0.1, 0.15) is 17.2 Å². The third-order valence-electron chi connectivity index (χ3n) is 5.01. The highest BCUT2D eigenvalue weighted by Gasteiger charge is 2.29. The fourth-order valence-electron chi connectivity index (χ4n) is 3.48. The molecule has 0 bridgehead atoms. The van der Waals surface area contributed by atoms with E-state index in [4.69, 9.17) is 26.3 Å². The van der Waals surface area contributed by atoms with Crippen LogP contribution in [0.25, 0.3) is 0 Å². The van der Waals surface area contributed by atoms with Crippen LogP contribution in [0, 0.1) is 11.6 Å². The fourth-order valence-corrected chi connectivity index (χ4v) is 3.60. The zero-order valence-corrected chi connectivity index (χ0v) is 20.7. The van der Waals surface area contributed by atoms with E-state index in [0.29, 0.717) is 11.4 Å². The number of carbonyl (C=O) groups is 2. The summed E-state index contributed by atoms with van der Waals surface area (Å²) < 4.78 is 39.5. The Kier molecular flexibility index (Phi) is 10.9. The van der Waals surface area contributed by atoms with Gasteiger partial charge in [-0.15, -0.1) is 0 Å². The molecule has 192 valence electrons. The van der Waals surface area contributed by atoms with Gasteiger partial charge < -0.3 is 14.8 Å². The third kappa shape index (κ3) is 10.2. The molecule has 0 fully saturated rings. The third-order valence-corrected chi connectivity index (χ3v) is 5.26. The molecule has 2 atom stereocenters. The molecule has 0 heterocycles. The van der Waals surface area contributed by atoms with Crippen LogP contribution in [0.15, 0.2) is 42.5 Å². The highest BCUT2D eigenvalue weighted by atomic mass is 35.5. The zero-order chi connectivity index (χ0) is 26.0. The lowest BCUT2D eigenvalue weighted by molar-refractivity contribution is -0.132. The van der Waals surface area contributed by atoms with Gasteiger partial charge in [0, 0.05) is 30.2 Å². The normalized spacial score (nSPS) is 13.1. The van der Waals surface area contributed by atoms with Crippen molar-refractivity contribution in [2.45, 2.75) is 57.7 Å². The Bertz CT molecular complexity index is 983. The number of ether oxygens (including phenoxy) is 2. The van der Waals surface area contributed by atoms with Crippen molar-refractivity contribution < 1.29 is 33.1 Å². The van der Waals surface area contributed by atoms with E-state index in [0.717, 1.165) is 17.7 Å². The Morgan fingerprint density at radius 2 is 1.80 bits per heavy atom. The van der Waals surface area contributed by atoms with Gasteiger partial charge in [-0.25, -0.2) is 19.1 Å². The number of rotatable bonds is 11. The van der Waals surface area contributed by atoms with Crippen molar-refractivity contribution in [1.82, 2.24) is 10.8 Å². The second-order valence-electron chi connectivity index (χ2n) is 9.03. The molecule has 0 aliphatic rings. The predicted octanol–water partition coefficient (Wildman–Crippen LogP) is 5.14. The average Bonchev–Trinajstić information content (AvgIpc) is 2.77. The lowest BCUT2D eigenvalue weighted by Gasteiger charge is -2.28. The molecule has 0 radical (unpaired) electrons. The Morgan fingerprint density at radius 1 is 1.11 bits per heavy atom. The van der Waals surface area contributed by atoms with Gasteiger partial charge in [0.05, 0.1) is 12.5 Å². The maximum absolute atomic E-state index is 14.8. The molecule has 0 aliphatic heterocycles. The van der Waals surface area contributed by atoms with E-state index >= 15 is 0 Å². The summed E-state index contributed by atoms with van der Waals surface area (Å²) in [6.45, 7) is 5.63. The van der Waals surface area contributed by atoms with Gasteiger partial charge in [0.2, 0.25) is 5.91 Å². The van der Waals surface area contributed by atoms with Crippen molar-refractivity contribution >= 4 is 23.6 Å². The molecule has 10 heteroatoms. The quantitative estimate of drug-likeness (QED) is 0.220. The van der Waals surface area contributed by atoms with Crippen LogP contribution in [-0.2, 0) is 20.7 Å². The molecule has 2 rings (SSSR count). The monoisotopic (exact) mass is 512 g/mol. The van der Waals surface area contributed by atoms with Gasteiger partial charge in [-0.2, -0.15) is 0 Å². The molecule has 2 aromatic carbocycles. The van der Waals surface area contributed by atoms with Crippen LogP contribution < -0.4 is 10.8 Å².